The Morgan fingerprint density at radius 1 is 1.14 bits per heavy atom. The molecule has 3 rings (SSSR count). The van der Waals surface area contributed by atoms with Crippen LogP contribution in [0.1, 0.15) is 24.7 Å². The van der Waals surface area contributed by atoms with Gasteiger partial charge in [-0.25, -0.2) is 4.98 Å². The van der Waals surface area contributed by atoms with E-state index in [-0.39, 0.29) is 18.0 Å². The fourth-order valence-corrected chi connectivity index (χ4v) is 2.49. The van der Waals surface area contributed by atoms with Crippen LogP contribution in [0.2, 0.25) is 0 Å². The molecule has 0 saturated heterocycles. The third kappa shape index (κ3) is 3.17. The minimum absolute atomic E-state index is 0. The Morgan fingerprint density at radius 3 is 2.64 bits per heavy atom. The Kier molecular flexibility index (Phi) is 5.28. The first-order valence-electron chi connectivity index (χ1n) is 7.23. The molecule has 114 valence electrons. The number of hydrogen-bond acceptors (Lipinski definition) is 2. The molecule has 0 fully saturated rings. The second-order valence-electron chi connectivity index (χ2n) is 5.09. The predicted molar refractivity (Wildman–Crippen MR) is 82.1 cm³/mol. The number of aromatic nitrogens is 3. The van der Waals surface area contributed by atoms with Crippen molar-refractivity contribution in [2.45, 2.75) is 26.3 Å². The summed E-state index contributed by atoms with van der Waals surface area (Å²) in [4.78, 5) is 20.4. The van der Waals surface area contributed by atoms with Crippen LogP contribution in [0.4, 0.5) is 0 Å². The molecule has 0 unspecified atom stereocenters. The fourth-order valence-electron chi connectivity index (χ4n) is 2.49. The van der Waals surface area contributed by atoms with Crippen molar-refractivity contribution in [2.24, 2.45) is 0 Å². The first-order valence-corrected chi connectivity index (χ1v) is 7.23. The molecule has 0 radical (unpaired) electrons. The lowest BCUT2D eigenvalue weighted by molar-refractivity contribution is -0.347. The molecular weight excluding hydrogens is 298 g/mol. The van der Waals surface area contributed by atoms with Gasteiger partial charge in [-0.05, 0) is 29.1 Å². The predicted octanol–water partition coefficient (Wildman–Crippen LogP) is -0.785. The monoisotopic (exact) mass is 315 g/mol. The van der Waals surface area contributed by atoms with Crippen LogP contribution in [0, 0.1) is 0 Å². The minimum atomic E-state index is 0. The Balaban J connectivity index is 0.00000176. The second-order valence-corrected chi connectivity index (χ2v) is 5.09. The largest absolute Gasteiger partial charge is 1.00 e. The Labute approximate surface area is 135 Å². The summed E-state index contributed by atoms with van der Waals surface area (Å²) in [5, 5.41) is 0.633. The Bertz CT molecular complexity index is 815. The van der Waals surface area contributed by atoms with Gasteiger partial charge in [0.1, 0.15) is 5.39 Å². The molecule has 0 saturated carbocycles. The first kappa shape index (κ1) is 16.2. The molecule has 0 aliphatic carbocycles. The van der Waals surface area contributed by atoms with Crippen LogP contribution < -0.4 is 23.0 Å². The highest BCUT2D eigenvalue weighted by molar-refractivity contribution is 5.69. The summed E-state index contributed by atoms with van der Waals surface area (Å²) in [5.41, 5.74) is 1.79. The Hall–Kier alpha value is -2.20. The van der Waals surface area contributed by atoms with Gasteiger partial charge in [0, 0.05) is 6.42 Å². The molecule has 5 heteroatoms. The van der Waals surface area contributed by atoms with Crippen molar-refractivity contribution >= 4 is 11.0 Å². The molecule has 0 bridgehead atoms. The van der Waals surface area contributed by atoms with Gasteiger partial charge in [0.05, 0.1) is 12.7 Å². The third-order valence-corrected chi connectivity index (χ3v) is 3.52. The number of pyridine rings is 1. The maximum atomic E-state index is 12.7. The summed E-state index contributed by atoms with van der Waals surface area (Å²) in [6, 6.07) is 13.7. The number of fused-ring (bicyclic) bond motifs is 1. The summed E-state index contributed by atoms with van der Waals surface area (Å²) in [7, 11) is 0. The lowest BCUT2D eigenvalue weighted by Gasteiger charge is -2.08. The summed E-state index contributed by atoms with van der Waals surface area (Å²) in [6.45, 7) is 2.66. The lowest BCUT2D eigenvalue weighted by Crippen LogP contribution is -3.00. The van der Waals surface area contributed by atoms with Gasteiger partial charge in [-0.2, -0.15) is 0 Å². The van der Waals surface area contributed by atoms with Gasteiger partial charge >= 0.3 is 5.65 Å². The quantitative estimate of drug-likeness (QED) is 0.634. The number of nitrogens with zero attached hydrogens (tertiary/aromatic N) is 2. The van der Waals surface area contributed by atoms with Crippen molar-refractivity contribution < 1.29 is 17.4 Å². The van der Waals surface area contributed by atoms with Crippen molar-refractivity contribution in [3.63, 3.8) is 0 Å². The third-order valence-electron chi connectivity index (χ3n) is 3.52. The highest BCUT2D eigenvalue weighted by Gasteiger charge is 2.17. The number of benzene rings is 1. The first-order chi connectivity index (χ1) is 10.3. The van der Waals surface area contributed by atoms with E-state index in [1.165, 1.54) is 0 Å². The Morgan fingerprint density at radius 2 is 1.91 bits per heavy atom. The second kappa shape index (κ2) is 7.18. The number of H-pyrrole nitrogens is 1. The van der Waals surface area contributed by atoms with E-state index < -0.39 is 0 Å². The number of aryl methyl sites for hydroxylation is 1. The molecule has 0 aliphatic rings. The van der Waals surface area contributed by atoms with E-state index in [1.54, 1.807) is 10.8 Å². The van der Waals surface area contributed by atoms with Crippen LogP contribution in [0.5, 0.6) is 0 Å². The summed E-state index contributed by atoms with van der Waals surface area (Å²) >= 11 is 0. The van der Waals surface area contributed by atoms with Crippen molar-refractivity contribution in [1.29, 1.82) is 0 Å². The molecule has 2 aromatic heterocycles. The summed E-state index contributed by atoms with van der Waals surface area (Å²) < 4.78 is 1.79. The molecule has 1 aromatic carbocycles. The molecule has 0 atom stereocenters. The average Bonchev–Trinajstić information content (AvgIpc) is 2.52. The van der Waals surface area contributed by atoms with E-state index in [4.69, 9.17) is 0 Å². The summed E-state index contributed by atoms with van der Waals surface area (Å²) in [6.07, 6.45) is 3.55. The van der Waals surface area contributed by atoms with Crippen LogP contribution in [0.3, 0.4) is 0 Å². The highest BCUT2D eigenvalue weighted by atomic mass is 35.5. The van der Waals surface area contributed by atoms with Gasteiger partial charge in [0.2, 0.25) is 5.82 Å². The van der Waals surface area contributed by atoms with E-state index in [0.29, 0.717) is 17.6 Å². The molecule has 22 heavy (non-hydrogen) atoms. The van der Waals surface area contributed by atoms with Crippen molar-refractivity contribution in [2.75, 3.05) is 0 Å². The van der Waals surface area contributed by atoms with Gasteiger partial charge in [-0.3, -0.25) is 9.36 Å². The lowest BCUT2D eigenvalue weighted by atomic mass is 10.2. The van der Waals surface area contributed by atoms with Crippen LogP contribution in [-0.2, 0) is 13.0 Å². The number of nitrogens with one attached hydrogen (secondary N) is 1. The molecule has 0 amide bonds. The molecular formula is C17H18ClN3O. The number of halogens is 1. The molecule has 2 heterocycles. The molecule has 1 N–H and O–H groups in total. The topological polar surface area (TPSA) is 49.0 Å². The average molecular weight is 316 g/mol. The smallest absolute Gasteiger partial charge is 0.335 e. The van der Waals surface area contributed by atoms with Gasteiger partial charge in [0.15, 0.2) is 0 Å². The number of hydrogen-bond donors (Lipinski definition) is 0. The normalized spacial score (nSPS) is 10.4. The van der Waals surface area contributed by atoms with Crippen LogP contribution in [0.25, 0.3) is 11.0 Å². The van der Waals surface area contributed by atoms with Gasteiger partial charge in [-0.1, -0.05) is 37.3 Å². The fraction of sp³-hybridized carbons (Fsp3) is 0.235. The SMILES string of the molecule is CCCc1nc2[nH+]cccc2c(=O)n1Cc1ccccc1.[Cl-]. The van der Waals surface area contributed by atoms with Gasteiger partial charge < -0.3 is 12.4 Å². The molecule has 3 aromatic rings. The van der Waals surface area contributed by atoms with Crippen molar-refractivity contribution in [3.8, 4) is 0 Å². The van der Waals surface area contributed by atoms with Crippen LogP contribution in [-0.4, -0.2) is 9.55 Å². The van der Waals surface area contributed by atoms with E-state index in [2.05, 4.69) is 16.9 Å². The van der Waals surface area contributed by atoms with E-state index in [0.717, 1.165) is 24.2 Å². The number of aromatic amines is 1. The maximum absolute atomic E-state index is 12.7. The zero-order chi connectivity index (χ0) is 14.7. The van der Waals surface area contributed by atoms with E-state index >= 15 is 0 Å². The van der Waals surface area contributed by atoms with E-state index in [9.17, 15) is 4.79 Å². The molecule has 4 nitrogen and oxygen atoms in total. The summed E-state index contributed by atoms with van der Waals surface area (Å²) in [5.74, 6) is 0.835. The van der Waals surface area contributed by atoms with Gasteiger partial charge in [0.25, 0.3) is 5.56 Å². The van der Waals surface area contributed by atoms with Crippen molar-refractivity contribution in [3.05, 3.63) is 70.4 Å². The zero-order valence-corrected chi connectivity index (χ0v) is 13.2. The number of rotatable bonds is 4. The van der Waals surface area contributed by atoms with Crippen molar-refractivity contribution in [1.82, 2.24) is 9.55 Å². The zero-order valence-electron chi connectivity index (χ0n) is 12.4. The van der Waals surface area contributed by atoms with Gasteiger partial charge in [-0.15, -0.1) is 0 Å². The molecule has 0 spiro atoms. The highest BCUT2D eigenvalue weighted by Crippen LogP contribution is 2.08. The maximum Gasteiger partial charge on any atom is 0.335 e. The minimum Gasteiger partial charge on any atom is -1.00 e. The van der Waals surface area contributed by atoms with Crippen LogP contribution >= 0.6 is 0 Å². The molecule has 0 aliphatic heterocycles. The van der Waals surface area contributed by atoms with Crippen LogP contribution in [0.15, 0.2) is 53.5 Å². The van der Waals surface area contributed by atoms with E-state index in [1.807, 2.05) is 42.5 Å². The standard InChI is InChI=1S/C17H17N3O.ClH/c1-2-7-15-19-16-14(10-6-11-18-16)17(21)20(15)12-13-8-4-3-5-9-13;/h3-6,8-11H,2,7,12H2,1H3;1H.